The molecule has 0 aliphatic carbocycles. The minimum Gasteiger partial charge on any atom is -0.244 e. The van der Waals surface area contributed by atoms with Gasteiger partial charge in [-0.25, -0.2) is 27.6 Å². The van der Waals surface area contributed by atoms with Gasteiger partial charge in [-0.15, -0.1) is 0 Å². The van der Waals surface area contributed by atoms with Crippen LogP contribution < -0.4 is 0 Å². The SMILES string of the molecule is CCS(=O)(=O)CC(=O)O[N+]1(O)C(=O)CCC1=O. The standard InChI is InChI=1S/C8H12NO7S/c1-2-17(14,15)5-8(12)16-9(13)6(10)3-4-7(9)11/h13H,2-5H2,1H3/q+1. The highest BCUT2D eigenvalue weighted by atomic mass is 32.2. The van der Waals surface area contributed by atoms with E-state index in [1.54, 1.807) is 0 Å². The summed E-state index contributed by atoms with van der Waals surface area (Å²) < 4.78 is 22.2. The molecule has 0 bridgehead atoms. The van der Waals surface area contributed by atoms with Gasteiger partial charge in [-0.05, 0) is 0 Å². The van der Waals surface area contributed by atoms with Gasteiger partial charge in [0.05, 0.1) is 12.8 Å². The molecule has 0 aromatic heterocycles. The van der Waals surface area contributed by atoms with Crippen LogP contribution in [-0.2, 0) is 29.1 Å². The number of sulfone groups is 1. The van der Waals surface area contributed by atoms with Crippen LogP contribution in [0.1, 0.15) is 19.8 Å². The Morgan fingerprint density at radius 2 is 1.82 bits per heavy atom. The Morgan fingerprint density at radius 1 is 1.35 bits per heavy atom. The van der Waals surface area contributed by atoms with Crippen LogP contribution in [0.3, 0.4) is 0 Å². The summed E-state index contributed by atoms with van der Waals surface area (Å²) in [6, 6.07) is 0. The minimum atomic E-state index is -3.64. The number of carbonyl (C=O) groups is 3. The van der Waals surface area contributed by atoms with E-state index in [9.17, 15) is 28.0 Å². The molecule has 1 saturated heterocycles. The maximum Gasteiger partial charge on any atom is 0.397 e. The predicted molar refractivity (Wildman–Crippen MR) is 51.7 cm³/mol. The lowest BCUT2D eigenvalue weighted by Crippen LogP contribution is -2.51. The third-order valence-electron chi connectivity index (χ3n) is 2.24. The summed E-state index contributed by atoms with van der Waals surface area (Å²) in [6.45, 7) is 1.33. The molecule has 0 unspecified atom stereocenters. The van der Waals surface area contributed by atoms with Gasteiger partial charge < -0.3 is 0 Å². The van der Waals surface area contributed by atoms with Gasteiger partial charge in [-0.2, -0.15) is 5.21 Å². The van der Waals surface area contributed by atoms with E-state index >= 15 is 0 Å². The molecule has 0 aromatic rings. The highest BCUT2D eigenvalue weighted by molar-refractivity contribution is 7.92. The predicted octanol–water partition coefficient (Wildman–Crippen LogP) is -1.07. The fraction of sp³-hybridized carbons (Fsp3) is 0.625. The van der Waals surface area contributed by atoms with Crippen LogP contribution in [0.2, 0.25) is 0 Å². The van der Waals surface area contributed by atoms with Crippen molar-refractivity contribution in [1.29, 1.82) is 0 Å². The quantitative estimate of drug-likeness (QED) is 0.391. The summed E-state index contributed by atoms with van der Waals surface area (Å²) in [4.78, 5) is 35.6. The molecule has 1 heterocycles. The lowest BCUT2D eigenvalue weighted by molar-refractivity contribution is -1.12. The van der Waals surface area contributed by atoms with E-state index in [0.29, 0.717) is 0 Å². The van der Waals surface area contributed by atoms with Crippen LogP contribution in [-0.4, -0.2) is 47.7 Å². The number of quaternary nitrogens is 1. The smallest absolute Gasteiger partial charge is 0.244 e. The molecular weight excluding hydrogens is 254 g/mol. The lowest BCUT2D eigenvalue weighted by atomic mass is 10.4. The average Bonchev–Trinajstić information content (AvgIpc) is 2.45. The number of imide groups is 1. The van der Waals surface area contributed by atoms with Gasteiger partial charge in [0.2, 0.25) is 0 Å². The number of hydrogen-bond acceptors (Lipinski definition) is 7. The molecule has 2 amide bonds. The topological polar surface area (TPSA) is 115 Å². The second kappa shape index (κ2) is 4.51. The fourth-order valence-electron chi connectivity index (χ4n) is 1.21. The Balaban J connectivity index is 2.75. The van der Waals surface area contributed by atoms with Crippen LogP contribution in [0.4, 0.5) is 0 Å². The van der Waals surface area contributed by atoms with E-state index < -0.39 is 38.2 Å². The van der Waals surface area contributed by atoms with Gasteiger partial charge in [0.15, 0.2) is 15.6 Å². The number of amides is 2. The van der Waals surface area contributed by atoms with E-state index in [0.717, 1.165) is 0 Å². The molecule has 9 heteroatoms. The molecule has 17 heavy (non-hydrogen) atoms. The first-order valence-electron chi connectivity index (χ1n) is 4.82. The van der Waals surface area contributed by atoms with Crippen LogP contribution in [0, 0.1) is 0 Å². The van der Waals surface area contributed by atoms with E-state index in [-0.39, 0.29) is 18.6 Å². The van der Waals surface area contributed by atoms with E-state index in [2.05, 4.69) is 4.84 Å². The molecular formula is C8H12NO7S+. The third-order valence-corrected chi connectivity index (χ3v) is 3.80. The fourth-order valence-corrected chi connectivity index (χ4v) is 1.83. The summed E-state index contributed by atoms with van der Waals surface area (Å²) in [7, 11) is -3.64. The monoisotopic (exact) mass is 266 g/mol. The number of hydroxylamine groups is 4. The van der Waals surface area contributed by atoms with Crippen molar-refractivity contribution in [3.8, 4) is 0 Å². The molecule has 1 aliphatic rings. The summed E-state index contributed by atoms with van der Waals surface area (Å²) in [6.07, 6.45) is -0.494. The summed E-state index contributed by atoms with van der Waals surface area (Å²) in [5, 5.41) is 9.47. The largest absolute Gasteiger partial charge is 0.397 e. The average molecular weight is 266 g/mol. The van der Waals surface area contributed by atoms with E-state index in [1.807, 2.05) is 0 Å². The van der Waals surface area contributed by atoms with Crippen molar-refractivity contribution in [1.82, 2.24) is 0 Å². The number of rotatable bonds is 4. The highest BCUT2D eigenvalue weighted by Gasteiger charge is 2.55. The first-order chi connectivity index (χ1) is 7.71. The summed E-state index contributed by atoms with van der Waals surface area (Å²) in [5.74, 6) is -4.58. The van der Waals surface area contributed by atoms with Crippen molar-refractivity contribution in [2.45, 2.75) is 19.8 Å². The van der Waals surface area contributed by atoms with Gasteiger partial charge >= 0.3 is 17.8 Å². The Bertz CT molecular complexity index is 450. The number of hydrogen-bond donors (Lipinski definition) is 1. The third kappa shape index (κ3) is 2.87. The summed E-state index contributed by atoms with van der Waals surface area (Å²) >= 11 is 0. The zero-order valence-corrected chi connectivity index (χ0v) is 9.90. The van der Waals surface area contributed by atoms with Crippen molar-refractivity contribution in [2.24, 2.45) is 0 Å². The minimum absolute atomic E-state index is 0.247. The Morgan fingerprint density at radius 3 is 2.24 bits per heavy atom. The molecule has 0 saturated carbocycles. The first-order valence-corrected chi connectivity index (χ1v) is 6.65. The van der Waals surface area contributed by atoms with Crippen LogP contribution in [0.15, 0.2) is 0 Å². The first kappa shape index (κ1) is 13.7. The molecule has 0 aromatic carbocycles. The second-order valence-electron chi connectivity index (χ2n) is 3.50. The molecule has 0 spiro atoms. The van der Waals surface area contributed by atoms with Crippen molar-refractivity contribution < 1.29 is 37.7 Å². The molecule has 8 nitrogen and oxygen atoms in total. The molecule has 1 fully saturated rings. The normalized spacial score (nSPS) is 19.4. The van der Waals surface area contributed by atoms with Crippen LogP contribution in [0.25, 0.3) is 0 Å². The van der Waals surface area contributed by atoms with E-state index in [4.69, 9.17) is 0 Å². The molecule has 96 valence electrons. The van der Waals surface area contributed by atoms with Gasteiger partial charge in [0, 0.05) is 5.75 Å². The molecule has 1 N–H and O–H groups in total. The summed E-state index contributed by atoms with van der Waals surface area (Å²) in [5.41, 5.74) is 0. The zero-order chi connectivity index (χ0) is 13.3. The second-order valence-corrected chi connectivity index (χ2v) is 5.86. The van der Waals surface area contributed by atoms with Gasteiger partial charge in [-0.1, -0.05) is 6.92 Å². The Kier molecular flexibility index (Phi) is 3.65. The van der Waals surface area contributed by atoms with Crippen molar-refractivity contribution in [3.63, 3.8) is 0 Å². The van der Waals surface area contributed by atoms with Gasteiger partial charge in [-0.3, -0.25) is 0 Å². The Hall–Kier alpha value is -1.32. The molecule has 0 radical (unpaired) electrons. The molecule has 1 aliphatic heterocycles. The number of carbonyl (C=O) groups excluding carboxylic acids is 3. The number of nitrogens with zero attached hydrogens (tertiary/aromatic N) is 1. The van der Waals surface area contributed by atoms with Crippen LogP contribution in [0.5, 0.6) is 0 Å². The van der Waals surface area contributed by atoms with Gasteiger partial charge in [0.25, 0.3) is 0 Å². The highest BCUT2D eigenvalue weighted by Crippen LogP contribution is 2.20. The van der Waals surface area contributed by atoms with Crippen molar-refractivity contribution in [2.75, 3.05) is 11.5 Å². The van der Waals surface area contributed by atoms with Crippen molar-refractivity contribution >= 4 is 27.6 Å². The van der Waals surface area contributed by atoms with Gasteiger partial charge in [0.1, 0.15) is 4.81 Å². The Labute approximate surface area is 97.2 Å². The van der Waals surface area contributed by atoms with E-state index in [1.165, 1.54) is 6.92 Å². The molecule has 0 atom stereocenters. The molecule has 1 rings (SSSR count). The maximum absolute atomic E-state index is 11.2. The lowest BCUT2D eigenvalue weighted by Gasteiger charge is -2.15. The zero-order valence-electron chi connectivity index (χ0n) is 9.08. The maximum atomic E-state index is 11.2. The van der Waals surface area contributed by atoms with Crippen LogP contribution >= 0.6 is 0 Å². The van der Waals surface area contributed by atoms with Crippen molar-refractivity contribution in [3.05, 3.63) is 0 Å².